The number of nitrogens with zero attached hydrogens (tertiary/aromatic N) is 1. The molecule has 2 aromatic carbocycles. The second-order valence-electron chi connectivity index (χ2n) is 6.79. The molecular weight excluding hydrogens is 362 g/mol. The van der Waals surface area contributed by atoms with Gasteiger partial charge in [-0.1, -0.05) is 36.4 Å². The molecule has 0 saturated carbocycles. The van der Waals surface area contributed by atoms with Gasteiger partial charge in [0.1, 0.15) is 11.6 Å². The maximum atomic E-state index is 13.7. The molecule has 4 rings (SSSR count). The largest absolute Gasteiger partial charge is 0.351 e. The van der Waals surface area contributed by atoms with Crippen LogP contribution in [0.3, 0.4) is 0 Å². The molecule has 1 aliphatic heterocycles. The van der Waals surface area contributed by atoms with E-state index < -0.39 is 17.6 Å². The molecule has 0 radical (unpaired) electrons. The lowest BCUT2D eigenvalue weighted by atomic mass is 10.0. The Kier molecular flexibility index (Phi) is 4.77. The fourth-order valence-electron chi connectivity index (χ4n) is 3.61. The van der Waals surface area contributed by atoms with Crippen molar-refractivity contribution < 1.29 is 18.4 Å². The number of benzene rings is 2. The summed E-state index contributed by atoms with van der Waals surface area (Å²) in [6.07, 6.45) is 0.572. The minimum atomic E-state index is -0.689. The van der Waals surface area contributed by atoms with Gasteiger partial charge in [0.25, 0.3) is 0 Å². The number of carbonyl (C=O) groups excluding carboxylic acids is 2. The molecule has 0 fully saturated rings. The van der Waals surface area contributed by atoms with E-state index in [-0.39, 0.29) is 23.8 Å². The Hall–Kier alpha value is -3.28. The Balaban J connectivity index is 1.48. The number of hydrogen-bond acceptors (Lipinski definition) is 2. The molecule has 4 nitrogen and oxygen atoms in total. The summed E-state index contributed by atoms with van der Waals surface area (Å²) in [7, 11) is 0. The minimum absolute atomic E-state index is 0.0159. The summed E-state index contributed by atoms with van der Waals surface area (Å²) in [6, 6.07) is 15.8. The summed E-state index contributed by atoms with van der Waals surface area (Å²) in [5.41, 5.74) is 2.16. The summed E-state index contributed by atoms with van der Waals surface area (Å²) in [6.45, 7) is 0.553. The zero-order valence-electron chi connectivity index (χ0n) is 15.0. The number of fused-ring (bicyclic) bond motifs is 1. The summed E-state index contributed by atoms with van der Waals surface area (Å²) in [5, 5.41) is 2.71. The Morgan fingerprint density at radius 3 is 2.57 bits per heavy atom. The molecule has 28 heavy (non-hydrogen) atoms. The normalized spacial score (nSPS) is 15.3. The van der Waals surface area contributed by atoms with Gasteiger partial charge in [0.05, 0.1) is 11.6 Å². The maximum Gasteiger partial charge on any atom is 0.229 e. The number of amides is 1. The zero-order valence-corrected chi connectivity index (χ0v) is 15.0. The van der Waals surface area contributed by atoms with Gasteiger partial charge in [0.15, 0.2) is 0 Å². The Labute approximate surface area is 160 Å². The first kappa shape index (κ1) is 18.1. The highest BCUT2D eigenvalue weighted by Gasteiger charge is 2.31. The molecule has 1 N–H and O–H groups in total. The molecule has 6 heteroatoms. The maximum absolute atomic E-state index is 13.7. The van der Waals surface area contributed by atoms with Gasteiger partial charge in [-0.25, -0.2) is 8.78 Å². The van der Waals surface area contributed by atoms with E-state index in [1.54, 1.807) is 24.3 Å². The third-order valence-electron chi connectivity index (χ3n) is 5.07. The molecule has 1 amide bonds. The van der Waals surface area contributed by atoms with Crippen LogP contribution in [0.5, 0.6) is 0 Å². The first-order valence-electron chi connectivity index (χ1n) is 9.05. The third-order valence-corrected chi connectivity index (χ3v) is 5.07. The number of halogens is 2. The molecule has 1 aliphatic rings. The van der Waals surface area contributed by atoms with Crippen molar-refractivity contribution in [2.45, 2.75) is 25.4 Å². The van der Waals surface area contributed by atoms with Crippen molar-refractivity contribution in [3.63, 3.8) is 0 Å². The van der Waals surface area contributed by atoms with Crippen LogP contribution in [0, 0.1) is 11.6 Å². The van der Waals surface area contributed by atoms with Crippen LogP contribution in [0.2, 0.25) is 0 Å². The molecule has 0 bridgehead atoms. The van der Waals surface area contributed by atoms with E-state index in [2.05, 4.69) is 5.32 Å². The van der Waals surface area contributed by atoms with E-state index in [1.807, 2.05) is 22.8 Å². The number of rotatable bonds is 5. The standard InChI is InChI=1S/C22H18F2N2O2/c23-16-7-6-15(18(24)12-16)13-25-22(28)17-10-11-26-19(17)8-9-20(26)21(27)14-4-2-1-3-5-14/h1-9,12,17H,10-11,13H2,(H,25,28)/t17-/m0/s1. The predicted molar refractivity (Wildman–Crippen MR) is 99.9 cm³/mol. The highest BCUT2D eigenvalue weighted by Crippen LogP contribution is 2.31. The summed E-state index contributed by atoms with van der Waals surface area (Å²) in [4.78, 5) is 25.3. The van der Waals surface area contributed by atoms with Crippen molar-refractivity contribution >= 4 is 11.7 Å². The molecule has 1 atom stereocenters. The average molecular weight is 380 g/mol. The molecule has 0 saturated heterocycles. The van der Waals surface area contributed by atoms with Crippen LogP contribution in [0.1, 0.15) is 39.6 Å². The molecule has 3 aromatic rings. The van der Waals surface area contributed by atoms with Crippen LogP contribution < -0.4 is 5.32 Å². The predicted octanol–water partition coefficient (Wildman–Crippen LogP) is 3.80. The molecule has 1 aromatic heterocycles. The van der Waals surface area contributed by atoms with E-state index >= 15 is 0 Å². The first-order chi connectivity index (χ1) is 13.5. The lowest BCUT2D eigenvalue weighted by Gasteiger charge is -2.11. The lowest BCUT2D eigenvalue weighted by molar-refractivity contribution is -0.122. The van der Waals surface area contributed by atoms with Gasteiger partial charge in [-0.3, -0.25) is 9.59 Å². The molecule has 142 valence electrons. The van der Waals surface area contributed by atoms with Crippen LogP contribution in [0.4, 0.5) is 8.78 Å². The van der Waals surface area contributed by atoms with Gasteiger partial charge in [-0.2, -0.15) is 0 Å². The number of ketones is 1. The van der Waals surface area contributed by atoms with E-state index in [0.29, 0.717) is 24.2 Å². The molecule has 2 heterocycles. The zero-order chi connectivity index (χ0) is 19.7. The molecule has 0 aliphatic carbocycles. The smallest absolute Gasteiger partial charge is 0.229 e. The highest BCUT2D eigenvalue weighted by molar-refractivity contribution is 6.08. The summed E-state index contributed by atoms with van der Waals surface area (Å²) >= 11 is 0. The van der Waals surface area contributed by atoms with Crippen molar-refractivity contribution in [1.82, 2.24) is 9.88 Å². The SMILES string of the molecule is O=C(c1ccccc1)c1ccc2n1CC[C@@H]2C(=O)NCc1ccc(F)cc1F. The quantitative estimate of drug-likeness (QED) is 0.685. The molecular formula is C22H18F2N2O2. The Bertz CT molecular complexity index is 1040. The third kappa shape index (κ3) is 3.33. The molecule has 0 unspecified atom stereocenters. The monoisotopic (exact) mass is 380 g/mol. The van der Waals surface area contributed by atoms with E-state index in [4.69, 9.17) is 0 Å². The fraction of sp³-hybridized carbons (Fsp3) is 0.182. The lowest BCUT2D eigenvalue weighted by Crippen LogP contribution is -2.28. The van der Waals surface area contributed by atoms with Gasteiger partial charge in [-0.05, 0) is 24.6 Å². The topological polar surface area (TPSA) is 51.1 Å². The molecule has 0 spiro atoms. The van der Waals surface area contributed by atoms with Crippen LogP contribution in [-0.2, 0) is 17.9 Å². The highest BCUT2D eigenvalue weighted by atomic mass is 19.1. The second kappa shape index (κ2) is 7.38. The van der Waals surface area contributed by atoms with Crippen molar-refractivity contribution in [3.05, 3.63) is 94.8 Å². The van der Waals surface area contributed by atoms with Crippen molar-refractivity contribution in [1.29, 1.82) is 0 Å². The number of nitrogens with one attached hydrogen (secondary N) is 1. The van der Waals surface area contributed by atoms with Gasteiger partial charge in [-0.15, -0.1) is 0 Å². The minimum Gasteiger partial charge on any atom is -0.351 e. The van der Waals surface area contributed by atoms with E-state index in [0.717, 1.165) is 17.8 Å². The Morgan fingerprint density at radius 1 is 1.04 bits per heavy atom. The Morgan fingerprint density at radius 2 is 1.82 bits per heavy atom. The van der Waals surface area contributed by atoms with Gasteiger partial charge in [0.2, 0.25) is 11.7 Å². The van der Waals surface area contributed by atoms with Crippen LogP contribution in [0.25, 0.3) is 0 Å². The summed E-state index contributed by atoms with van der Waals surface area (Å²) < 4.78 is 28.6. The van der Waals surface area contributed by atoms with E-state index in [9.17, 15) is 18.4 Å². The number of hydrogen-bond donors (Lipinski definition) is 1. The average Bonchev–Trinajstić information content (AvgIpc) is 3.29. The first-order valence-corrected chi connectivity index (χ1v) is 9.05. The second-order valence-corrected chi connectivity index (χ2v) is 6.79. The van der Waals surface area contributed by atoms with Gasteiger partial charge < -0.3 is 9.88 Å². The van der Waals surface area contributed by atoms with Crippen molar-refractivity contribution in [3.8, 4) is 0 Å². The summed E-state index contributed by atoms with van der Waals surface area (Å²) in [5.74, 6) is -2.07. The van der Waals surface area contributed by atoms with Crippen molar-refractivity contribution in [2.75, 3.05) is 0 Å². The van der Waals surface area contributed by atoms with Crippen LogP contribution in [-0.4, -0.2) is 16.3 Å². The van der Waals surface area contributed by atoms with Gasteiger partial charge in [0, 0.05) is 36.0 Å². The van der Waals surface area contributed by atoms with Crippen molar-refractivity contribution in [2.24, 2.45) is 0 Å². The van der Waals surface area contributed by atoms with E-state index in [1.165, 1.54) is 6.07 Å². The fourth-order valence-corrected chi connectivity index (χ4v) is 3.61. The van der Waals surface area contributed by atoms with Gasteiger partial charge >= 0.3 is 0 Å². The van der Waals surface area contributed by atoms with Crippen LogP contribution >= 0.6 is 0 Å². The van der Waals surface area contributed by atoms with Crippen LogP contribution in [0.15, 0.2) is 60.7 Å². The number of aromatic nitrogens is 1. The number of carbonyl (C=O) groups is 2.